The van der Waals surface area contributed by atoms with Gasteiger partial charge in [-0.1, -0.05) is 18.2 Å². The van der Waals surface area contributed by atoms with Crippen molar-refractivity contribution in [1.82, 2.24) is 0 Å². The smallest absolute Gasteiger partial charge is 0.120 e. The van der Waals surface area contributed by atoms with Gasteiger partial charge in [-0.25, -0.2) is 0 Å². The zero-order valence-electron chi connectivity index (χ0n) is 8.62. The van der Waals surface area contributed by atoms with Crippen molar-refractivity contribution in [1.29, 1.82) is 0 Å². The number of hydrogen-bond acceptors (Lipinski definition) is 1. The monoisotopic (exact) mass is 188 g/mol. The molecular weight excluding hydrogens is 172 g/mol. The van der Waals surface area contributed by atoms with Crippen molar-refractivity contribution in [2.45, 2.75) is 38.5 Å². The molecule has 14 heavy (non-hydrogen) atoms. The second kappa shape index (κ2) is 3.95. The summed E-state index contributed by atoms with van der Waals surface area (Å²) in [6, 6.07) is 6.47. The Bertz CT molecular complexity index is 341. The first-order valence-electron chi connectivity index (χ1n) is 5.35. The second-order valence-corrected chi connectivity index (χ2v) is 4.13. The van der Waals surface area contributed by atoms with Crippen molar-refractivity contribution in [2.24, 2.45) is 0 Å². The fraction of sp³-hybridized carbons (Fsp3) is 0.462. The summed E-state index contributed by atoms with van der Waals surface area (Å²) in [5, 5.41) is 0. The van der Waals surface area contributed by atoms with E-state index in [0.717, 1.165) is 6.29 Å². The van der Waals surface area contributed by atoms with Crippen LogP contribution in [0.2, 0.25) is 0 Å². The number of aryl methyl sites for hydroxylation is 1. The molecule has 0 fully saturated rings. The lowest BCUT2D eigenvalue weighted by Gasteiger charge is -2.25. The lowest BCUT2D eigenvalue weighted by Crippen LogP contribution is -2.11. The van der Waals surface area contributed by atoms with Crippen LogP contribution in [0.3, 0.4) is 0 Å². The molecule has 0 bridgehead atoms. The van der Waals surface area contributed by atoms with Gasteiger partial charge in [0.2, 0.25) is 0 Å². The molecule has 0 spiro atoms. The quantitative estimate of drug-likeness (QED) is 0.652. The minimum absolute atomic E-state index is 0.483. The molecule has 1 aromatic rings. The van der Waals surface area contributed by atoms with Crippen molar-refractivity contribution in [3.05, 3.63) is 34.9 Å². The normalized spacial score (nSPS) is 20.2. The van der Waals surface area contributed by atoms with Crippen LogP contribution in [0.15, 0.2) is 18.2 Å². The van der Waals surface area contributed by atoms with E-state index in [1.54, 1.807) is 0 Å². The van der Waals surface area contributed by atoms with Gasteiger partial charge in [0.05, 0.1) is 0 Å². The van der Waals surface area contributed by atoms with Crippen LogP contribution in [0.25, 0.3) is 0 Å². The van der Waals surface area contributed by atoms with Crippen molar-refractivity contribution in [2.75, 3.05) is 0 Å². The molecule has 0 amide bonds. The third-order valence-corrected chi connectivity index (χ3v) is 3.25. The highest BCUT2D eigenvalue weighted by Gasteiger charge is 2.20. The Labute approximate surface area is 85.1 Å². The van der Waals surface area contributed by atoms with Gasteiger partial charge in [0, 0.05) is 6.42 Å². The van der Waals surface area contributed by atoms with E-state index in [-0.39, 0.29) is 0 Å². The Morgan fingerprint density at radius 1 is 1.50 bits per heavy atom. The maximum Gasteiger partial charge on any atom is 0.120 e. The molecule has 1 unspecified atom stereocenters. The molecule has 0 aliphatic heterocycles. The van der Waals surface area contributed by atoms with Crippen molar-refractivity contribution < 1.29 is 4.79 Å². The summed E-state index contributed by atoms with van der Waals surface area (Å²) in [5.41, 5.74) is 4.30. The summed E-state index contributed by atoms with van der Waals surface area (Å²) in [6.07, 6.45) is 5.35. The average molecular weight is 188 g/mol. The first-order chi connectivity index (χ1) is 6.83. The number of fused-ring (bicyclic) bond motifs is 1. The van der Waals surface area contributed by atoms with E-state index >= 15 is 0 Å². The predicted molar refractivity (Wildman–Crippen MR) is 57.5 cm³/mol. The molecule has 1 aliphatic rings. The van der Waals surface area contributed by atoms with Gasteiger partial charge in [-0.15, -0.1) is 0 Å². The van der Waals surface area contributed by atoms with E-state index in [0.29, 0.717) is 12.3 Å². The minimum atomic E-state index is 0.483. The third kappa shape index (κ3) is 1.59. The fourth-order valence-corrected chi connectivity index (χ4v) is 2.49. The third-order valence-electron chi connectivity index (χ3n) is 3.25. The SMILES string of the molecule is Cc1cccc2c1CCCC2CC=O. The molecule has 1 heteroatoms. The average Bonchev–Trinajstić information content (AvgIpc) is 2.20. The van der Waals surface area contributed by atoms with Crippen LogP contribution in [0.4, 0.5) is 0 Å². The molecule has 74 valence electrons. The second-order valence-electron chi connectivity index (χ2n) is 4.13. The number of carbonyl (C=O) groups is 1. The van der Waals surface area contributed by atoms with E-state index in [2.05, 4.69) is 25.1 Å². The molecule has 2 rings (SSSR count). The van der Waals surface area contributed by atoms with Gasteiger partial charge in [0.1, 0.15) is 6.29 Å². The molecule has 0 saturated carbocycles. The van der Waals surface area contributed by atoms with Gasteiger partial charge in [0.25, 0.3) is 0 Å². The molecule has 0 radical (unpaired) electrons. The van der Waals surface area contributed by atoms with Crippen LogP contribution >= 0.6 is 0 Å². The lowest BCUT2D eigenvalue weighted by molar-refractivity contribution is -0.108. The number of aldehydes is 1. The van der Waals surface area contributed by atoms with E-state index in [9.17, 15) is 4.79 Å². The van der Waals surface area contributed by atoms with E-state index in [1.807, 2.05) is 0 Å². The van der Waals surface area contributed by atoms with Crippen molar-refractivity contribution in [3.63, 3.8) is 0 Å². The summed E-state index contributed by atoms with van der Waals surface area (Å²) in [7, 11) is 0. The first-order valence-corrected chi connectivity index (χ1v) is 5.35. The number of benzene rings is 1. The Hall–Kier alpha value is -1.11. The molecule has 1 nitrogen and oxygen atoms in total. The maximum atomic E-state index is 10.6. The molecular formula is C13H16O. The fourth-order valence-electron chi connectivity index (χ4n) is 2.49. The summed E-state index contributed by atoms with van der Waals surface area (Å²) in [6.45, 7) is 2.17. The molecule has 0 saturated heterocycles. The Morgan fingerprint density at radius 3 is 3.14 bits per heavy atom. The van der Waals surface area contributed by atoms with Crippen LogP contribution in [-0.2, 0) is 11.2 Å². The number of carbonyl (C=O) groups excluding carboxylic acids is 1. The van der Waals surface area contributed by atoms with Crippen LogP contribution in [0, 0.1) is 6.92 Å². The zero-order valence-corrected chi connectivity index (χ0v) is 8.62. The van der Waals surface area contributed by atoms with Crippen LogP contribution in [0.5, 0.6) is 0 Å². The van der Waals surface area contributed by atoms with Crippen LogP contribution in [0.1, 0.15) is 41.9 Å². The highest BCUT2D eigenvalue weighted by atomic mass is 16.1. The van der Waals surface area contributed by atoms with Gasteiger partial charge in [0.15, 0.2) is 0 Å². The summed E-state index contributed by atoms with van der Waals surface area (Å²) >= 11 is 0. The van der Waals surface area contributed by atoms with Crippen molar-refractivity contribution >= 4 is 6.29 Å². The summed E-state index contributed by atoms with van der Waals surface area (Å²) in [5.74, 6) is 0.483. The van der Waals surface area contributed by atoms with Crippen LogP contribution < -0.4 is 0 Å². The van der Waals surface area contributed by atoms with Gasteiger partial charge in [-0.3, -0.25) is 0 Å². The van der Waals surface area contributed by atoms with Crippen molar-refractivity contribution in [3.8, 4) is 0 Å². The summed E-state index contributed by atoms with van der Waals surface area (Å²) in [4.78, 5) is 10.6. The standard InChI is InChI=1S/C13H16O/c1-10-4-2-7-13-11(8-9-14)5-3-6-12(10)13/h2,4,7,9,11H,3,5-6,8H2,1H3. The zero-order chi connectivity index (χ0) is 9.97. The highest BCUT2D eigenvalue weighted by Crippen LogP contribution is 2.34. The molecule has 0 heterocycles. The van der Waals surface area contributed by atoms with Gasteiger partial charge >= 0.3 is 0 Å². The summed E-state index contributed by atoms with van der Waals surface area (Å²) < 4.78 is 0. The number of hydrogen-bond donors (Lipinski definition) is 0. The molecule has 0 aromatic heterocycles. The molecule has 0 N–H and O–H groups in total. The maximum absolute atomic E-state index is 10.6. The molecule has 1 aromatic carbocycles. The van der Waals surface area contributed by atoms with E-state index in [4.69, 9.17) is 0 Å². The van der Waals surface area contributed by atoms with Gasteiger partial charge < -0.3 is 4.79 Å². The molecule has 1 atom stereocenters. The van der Waals surface area contributed by atoms with Crippen LogP contribution in [-0.4, -0.2) is 6.29 Å². The number of rotatable bonds is 2. The largest absolute Gasteiger partial charge is 0.303 e. The Kier molecular flexibility index (Phi) is 2.67. The lowest BCUT2D eigenvalue weighted by atomic mass is 9.80. The van der Waals surface area contributed by atoms with E-state index < -0.39 is 0 Å². The molecule has 1 aliphatic carbocycles. The van der Waals surface area contributed by atoms with Gasteiger partial charge in [-0.05, 0) is 48.8 Å². The topological polar surface area (TPSA) is 17.1 Å². The Balaban J connectivity index is 2.39. The highest BCUT2D eigenvalue weighted by molar-refractivity contribution is 5.53. The predicted octanol–water partition coefficient (Wildman–Crippen LogP) is 3.00. The van der Waals surface area contributed by atoms with Gasteiger partial charge in [-0.2, -0.15) is 0 Å². The van der Waals surface area contributed by atoms with E-state index in [1.165, 1.54) is 36.0 Å². The minimum Gasteiger partial charge on any atom is -0.303 e. The first kappa shape index (κ1) is 9.45. The Morgan fingerprint density at radius 2 is 2.36 bits per heavy atom.